The van der Waals surface area contributed by atoms with E-state index in [0.29, 0.717) is 14.9 Å². The van der Waals surface area contributed by atoms with Gasteiger partial charge in [-0.2, -0.15) is 10.5 Å². The molecule has 0 saturated carbocycles. The number of thiazole rings is 1. The molecule has 0 radical (unpaired) electrons. The fourth-order valence-corrected chi connectivity index (χ4v) is 4.35. The lowest BCUT2D eigenvalue weighted by Crippen LogP contribution is -2.31. The fraction of sp³-hybridized carbons (Fsp3) is 0.136. The number of nitriles is 2. The normalized spacial score (nSPS) is 11.1. The summed E-state index contributed by atoms with van der Waals surface area (Å²) >= 11 is 2.81. The van der Waals surface area contributed by atoms with Gasteiger partial charge in [-0.3, -0.25) is 9.36 Å². The summed E-state index contributed by atoms with van der Waals surface area (Å²) in [7, 11) is 0. The molecule has 28 heavy (non-hydrogen) atoms. The van der Waals surface area contributed by atoms with Gasteiger partial charge in [0.05, 0.1) is 10.2 Å². The summed E-state index contributed by atoms with van der Waals surface area (Å²) < 4.78 is 2.31. The first-order chi connectivity index (χ1) is 13.5. The van der Waals surface area contributed by atoms with E-state index in [0.717, 1.165) is 32.9 Å². The van der Waals surface area contributed by atoms with Crippen molar-refractivity contribution in [2.75, 3.05) is 6.26 Å². The summed E-state index contributed by atoms with van der Waals surface area (Å²) in [5.41, 5.74) is 3.26. The number of aromatic nitrogens is 1. The van der Waals surface area contributed by atoms with Crippen LogP contribution in [0.1, 0.15) is 16.7 Å². The van der Waals surface area contributed by atoms with Crippen molar-refractivity contribution in [2.24, 2.45) is 0 Å². The molecule has 1 heterocycles. The number of aryl methyl sites for hydroxylation is 2. The quantitative estimate of drug-likeness (QED) is 0.630. The van der Waals surface area contributed by atoms with Crippen LogP contribution in [-0.2, 0) is 0 Å². The van der Waals surface area contributed by atoms with E-state index in [1.54, 1.807) is 17.8 Å². The summed E-state index contributed by atoms with van der Waals surface area (Å²) in [6.07, 6.45) is 3.81. The van der Waals surface area contributed by atoms with E-state index in [9.17, 15) is 15.3 Å². The second kappa shape index (κ2) is 8.31. The molecule has 6 heteroatoms. The molecule has 0 bridgehead atoms. The Balaban J connectivity index is 2.35. The molecule has 4 nitrogen and oxygen atoms in total. The third kappa shape index (κ3) is 3.80. The van der Waals surface area contributed by atoms with Gasteiger partial charge >= 0.3 is 0 Å². The van der Waals surface area contributed by atoms with Gasteiger partial charge in [0, 0.05) is 4.90 Å². The summed E-state index contributed by atoms with van der Waals surface area (Å²) in [6, 6.07) is 17.5. The Morgan fingerprint density at radius 3 is 2.36 bits per heavy atom. The van der Waals surface area contributed by atoms with E-state index in [4.69, 9.17) is 0 Å². The number of rotatable bonds is 3. The van der Waals surface area contributed by atoms with Crippen molar-refractivity contribution >= 4 is 34.7 Å². The molecular weight excluding hydrogens is 386 g/mol. The number of hydrogen-bond acceptors (Lipinski definition) is 5. The molecule has 0 fully saturated rings. The number of hydrogen-bond donors (Lipinski definition) is 0. The van der Waals surface area contributed by atoms with Gasteiger partial charge in [0.1, 0.15) is 16.8 Å². The minimum absolute atomic E-state index is 0.0699. The molecule has 0 amide bonds. The molecule has 0 N–H and O–H groups in total. The second-order valence-electron chi connectivity index (χ2n) is 6.22. The molecule has 0 saturated heterocycles. The lowest BCUT2D eigenvalue weighted by molar-refractivity contribution is 0.973. The summed E-state index contributed by atoms with van der Waals surface area (Å²) in [6.45, 7) is 3.90. The highest BCUT2D eigenvalue weighted by Gasteiger charge is 2.13. The van der Waals surface area contributed by atoms with Crippen LogP contribution in [0, 0.1) is 36.5 Å². The molecule has 0 unspecified atom stereocenters. The van der Waals surface area contributed by atoms with E-state index in [1.165, 1.54) is 4.57 Å². The Labute approximate surface area is 171 Å². The summed E-state index contributed by atoms with van der Waals surface area (Å²) in [5, 5.41) is 18.8. The molecule has 0 aliphatic carbocycles. The molecule has 138 valence electrons. The highest BCUT2D eigenvalue weighted by atomic mass is 32.2. The van der Waals surface area contributed by atoms with Gasteiger partial charge in [-0.05, 0) is 55.5 Å². The Morgan fingerprint density at radius 1 is 1.11 bits per heavy atom. The Bertz CT molecular complexity index is 1280. The van der Waals surface area contributed by atoms with Crippen molar-refractivity contribution in [3.05, 3.63) is 78.7 Å². The van der Waals surface area contributed by atoms with Gasteiger partial charge in [0.2, 0.25) is 0 Å². The van der Waals surface area contributed by atoms with Crippen molar-refractivity contribution in [1.82, 2.24) is 4.57 Å². The highest BCUT2D eigenvalue weighted by Crippen LogP contribution is 2.15. The average Bonchev–Trinajstić information content (AvgIpc) is 3.00. The van der Waals surface area contributed by atoms with Gasteiger partial charge < -0.3 is 0 Å². The van der Waals surface area contributed by atoms with E-state index in [-0.39, 0.29) is 11.1 Å². The molecule has 3 rings (SSSR count). The number of benzene rings is 2. The average molecular weight is 404 g/mol. The zero-order valence-corrected chi connectivity index (χ0v) is 17.3. The molecule has 3 aromatic rings. The van der Waals surface area contributed by atoms with Gasteiger partial charge in [-0.25, -0.2) is 0 Å². The van der Waals surface area contributed by atoms with Crippen LogP contribution in [0.25, 0.3) is 17.3 Å². The van der Waals surface area contributed by atoms with Gasteiger partial charge in [0.15, 0.2) is 5.57 Å². The summed E-state index contributed by atoms with van der Waals surface area (Å²) in [5.74, 6) is 0. The van der Waals surface area contributed by atoms with Crippen LogP contribution < -0.4 is 14.8 Å². The third-order valence-corrected chi connectivity index (χ3v) is 6.10. The topological polar surface area (TPSA) is 69.6 Å². The maximum atomic E-state index is 13.2. The monoisotopic (exact) mass is 403 g/mol. The maximum absolute atomic E-state index is 13.2. The number of thioether (sulfide) groups is 1. The van der Waals surface area contributed by atoms with Crippen molar-refractivity contribution in [1.29, 1.82) is 10.5 Å². The predicted molar refractivity (Wildman–Crippen MR) is 115 cm³/mol. The molecule has 1 aromatic heterocycles. The van der Waals surface area contributed by atoms with E-state index in [1.807, 2.05) is 74.7 Å². The van der Waals surface area contributed by atoms with E-state index >= 15 is 0 Å². The van der Waals surface area contributed by atoms with Crippen LogP contribution in [-0.4, -0.2) is 10.8 Å². The standard InChI is InChI=1S/C22H17N3OS2/c1-14-4-9-19(15(2)10-14)25-21(26)20(28-22(25)17(12-23)13-24)11-16-5-7-18(27-3)8-6-16/h4-11H,1-3H3/b20-11-. The van der Waals surface area contributed by atoms with Crippen LogP contribution >= 0.6 is 23.1 Å². The summed E-state index contributed by atoms with van der Waals surface area (Å²) in [4.78, 5) is 14.3. The van der Waals surface area contributed by atoms with Crippen molar-refractivity contribution in [3.8, 4) is 17.8 Å². The fourth-order valence-electron chi connectivity index (χ4n) is 2.90. The maximum Gasteiger partial charge on any atom is 0.273 e. The van der Waals surface area contributed by atoms with Gasteiger partial charge in [0.25, 0.3) is 5.56 Å². The van der Waals surface area contributed by atoms with Crippen molar-refractivity contribution < 1.29 is 0 Å². The van der Waals surface area contributed by atoms with Crippen molar-refractivity contribution in [2.45, 2.75) is 18.7 Å². The smallest absolute Gasteiger partial charge is 0.267 e. The van der Waals surface area contributed by atoms with Crippen LogP contribution in [0.5, 0.6) is 0 Å². The SMILES string of the molecule is CSc1ccc(/C=c2\sc(=C(C#N)C#N)n(-c3ccc(C)cc3C)c2=O)cc1. The van der Waals surface area contributed by atoms with Crippen LogP contribution in [0.3, 0.4) is 0 Å². The predicted octanol–water partition coefficient (Wildman–Crippen LogP) is 3.26. The first-order valence-electron chi connectivity index (χ1n) is 8.48. The Hall–Kier alpha value is -3.06. The lowest BCUT2D eigenvalue weighted by Gasteiger charge is -2.07. The van der Waals surface area contributed by atoms with Crippen LogP contribution in [0.15, 0.2) is 52.2 Å². The van der Waals surface area contributed by atoms with Crippen LogP contribution in [0.4, 0.5) is 0 Å². The highest BCUT2D eigenvalue weighted by molar-refractivity contribution is 7.98. The minimum atomic E-state index is -0.233. The van der Waals surface area contributed by atoms with Gasteiger partial charge in [-0.1, -0.05) is 29.8 Å². The third-order valence-electron chi connectivity index (χ3n) is 4.27. The zero-order chi connectivity index (χ0) is 20.3. The number of nitrogens with zero attached hydrogens (tertiary/aromatic N) is 3. The van der Waals surface area contributed by atoms with Crippen molar-refractivity contribution in [3.63, 3.8) is 0 Å². The second-order valence-corrected chi connectivity index (χ2v) is 8.13. The lowest BCUT2D eigenvalue weighted by atomic mass is 10.1. The molecule has 0 spiro atoms. The first-order valence-corrected chi connectivity index (χ1v) is 10.5. The molecule has 0 aliphatic rings. The molecular formula is C22H17N3OS2. The molecule has 2 aromatic carbocycles. The Morgan fingerprint density at radius 2 is 1.79 bits per heavy atom. The zero-order valence-electron chi connectivity index (χ0n) is 15.7. The van der Waals surface area contributed by atoms with Gasteiger partial charge in [-0.15, -0.1) is 23.1 Å². The van der Waals surface area contributed by atoms with E-state index in [2.05, 4.69) is 0 Å². The molecule has 0 atom stereocenters. The largest absolute Gasteiger partial charge is 0.273 e. The van der Waals surface area contributed by atoms with E-state index < -0.39 is 0 Å². The minimum Gasteiger partial charge on any atom is -0.267 e. The Kier molecular flexibility index (Phi) is 5.84. The molecule has 0 aliphatic heterocycles. The van der Waals surface area contributed by atoms with Crippen LogP contribution in [0.2, 0.25) is 0 Å². The first kappa shape index (κ1) is 19.7.